The van der Waals surface area contributed by atoms with Crippen LogP contribution in [0.3, 0.4) is 0 Å². The van der Waals surface area contributed by atoms with Gasteiger partial charge < -0.3 is 0 Å². The maximum atomic E-state index is 4.73. The average Bonchev–Trinajstić information content (AvgIpc) is 3.30. The van der Waals surface area contributed by atoms with Crippen molar-refractivity contribution in [3.63, 3.8) is 0 Å². The number of pyridine rings is 1. The van der Waals surface area contributed by atoms with Crippen molar-refractivity contribution in [1.82, 2.24) is 23.4 Å². The summed E-state index contributed by atoms with van der Waals surface area (Å²) in [6.45, 7) is 2.05. The number of para-hydroxylation sites is 1. The molecule has 5 aromatic rings. The summed E-state index contributed by atoms with van der Waals surface area (Å²) < 4.78 is 1.88. The number of rotatable bonds is 5. The van der Waals surface area contributed by atoms with Crippen molar-refractivity contribution in [2.75, 3.05) is 0 Å². The van der Waals surface area contributed by atoms with Crippen molar-refractivity contribution < 1.29 is 0 Å². The summed E-state index contributed by atoms with van der Waals surface area (Å²) in [6.07, 6.45) is 0. The van der Waals surface area contributed by atoms with E-state index in [1.54, 1.807) is 11.8 Å². The molecule has 0 bridgehead atoms. The van der Waals surface area contributed by atoms with E-state index in [0.29, 0.717) is 5.82 Å². The van der Waals surface area contributed by atoms with Gasteiger partial charge in [0.05, 0.1) is 5.52 Å². The molecule has 0 aliphatic heterocycles. The monoisotopic (exact) mass is 559 g/mol. The van der Waals surface area contributed by atoms with Crippen molar-refractivity contribution in [2.24, 2.45) is 0 Å². The van der Waals surface area contributed by atoms with Crippen LogP contribution in [0.15, 0.2) is 88.7 Å². The Labute approximate surface area is 202 Å². The summed E-state index contributed by atoms with van der Waals surface area (Å²) in [6, 6.07) is 27.4. The van der Waals surface area contributed by atoms with E-state index in [1.807, 2.05) is 22.1 Å². The fraction of sp³-hybridized carbons (Fsp3) is 0.154. The molecule has 5 rings (SSSR count). The summed E-state index contributed by atoms with van der Waals surface area (Å²) >= 11 is -0.669. The summed E-state index contributed by atoms with van der Waals surface area (Å²) in [5.74, 6) is 0.689. The Morgan fingerprint density at radius 2 is 1.52 bits per heavy atom. The first-order valence-electron chi connectivity index (χ1n) is 10.9. The average molecular weight is 558 g/mol. The smallest absolute Gasteiger partial charge is 0.253 e. The third kappa shape index (κ3) is 4.68. The van der Waals surface area contributed by atoms with Crippen LogP contribution in [0, 0.1) is 6.92 Å². The van der Waals surface area contributed by atoms with Gasteiger partial charge in [0, 0.05) is 5.69 Å². The number of nitrogens with zero attached hydrogens (tertiary/aromatic N) is 5. The Hall–Kier alpha value is -2.71. The van der Waals surface area contributed by atoms with Gasteiger partial charge in [0.2, 0.25) is 0 Å². The van der Waals surface area contributed by atoms with Crippen molar-refractivity contribution in [1.29, 1.82) is 0 Å². The van der Waals surface area contributed by atoms with Crippen molar-refractivity contribution in [3.8, 4) is 22.5 Å². The number of tetrazole rings is 1. The third-order valence-electron chi connectivity index (χ3n) is 5.38. The van der Waals surface area contributed by atoms with Gasteiger partial charge in [0.15, 0.2) is 0 Å². The minimum atomic E-state index is -2.44. The minimum absolute atomic E-state index is 0.689. The molecule has 5 nitrogen and oxygen atoms in total. The Bertz CT molecular complexity index is 1440. The number of aryl methyl sites for hydroxylation is 1. The predicted octanol–water partition coefficient (Wildman–Crippen LogP) is 6.70. The van der Waals surface area contributed by atoms with Gasteiger partial charge in [-0.3, -0.25) is 4.98 Å². The second-order valence-electron chi connectivity index (χ2n) is 9.02. The summed E-state index contributed by atoms with van der Waals surface area (Å²) in [5, 5.41) is 14.6. The zero-order valence-corrected chi connectivity index (χ0v) is 22.8. The molecule has 0 unspecified atom stereocenters. The first-order valence-corrected chi connectivity index (χ1v) is 21.6. The van der Waals surface area contributed by atoms with E-state index < -0.39 is 18.7 Å². The SMILES string of the molecule is Cc1cc(Sc2ccc(-c3ccccc3-c3nn[n]([Sn]([CH3])([CH3])[CH3])n3)cc2)c2ccccc2n1. The van der Waals surface area contributed by atoms with Crippen LogP contribution in [0.1, 0.15) is 5.69 Å². The summed E-state index contributed by atoms with van der Waals surface area (Å²) in [5.41, 5.74) is 5.33. The Morgan fingerprint density at radius 1 is 0.818 bits per heavy atom. The fourth-order valence-corrected chi connectivity index (χ4v) is 6.78. The van der Waals surface area contributed by atoms with Gasteiger partial charge in [-0.05, 0) is 13.0 Å². The van der Waals surface area contributed by atoms with Crippen LogP contribution in [0.5, 0.6) is 0 Å². The molecule has 0 spiro atoms. The van der Waals surface area contributed by atoms with Crippen LogP contribution in [-0.2, 0) is 0 Å². The second kappa shape index (κ2) is 8.91. The second-order valence-corrected chi connectivity index (χ2v) is 23.7. The maximum absolute atomic E-state index is 4.73. The van der Waals surface area contributed by atoms with Gasteiger partial charge in [-0.1, -0.05) is 18.2 Å². The normalized spacial score (nSPS) is 11.8. The van der Waals surface area contributed by atoms with Gasteiger partial charge in [0.25, 0.3) is 0 Å². The standard InChI is InChI=1S/C23H16N5S.3CH3.Sn/c1-15-14-22(20-8-4-5-9-21(20)24-15)29-17-12-10-16(11-13-17)18-6-2-3-7-19(18)23-25-27-28-26-23;;;;/h2-14H,1H3;3*1H3;/q-1;;;;+1. The van der Waals surface area contributed by atoms with Gasteiger partial charge in [-0.2, -0.15) is 0 Å². The molecule has 33 heavy (non-hydrogen) atoms. The van der Waals surface area contributed by atoms with Gasteiger partial charge in [-0.25, -0.2) is 0 Å². The molecule has 0 aliphatic carbocycles. The van der Waals surface area contributed by atoms with E-state index in [4.69, 9.17) is 5.10 Å². The van der Waals surface area contributed by atoms with E-state index in [9.17, 15) is 0 Å². The van der Waals surface area contributed by atoms with E-state index in [-0.39, 0.29) is 0 Å². The van der Waals surface area contributed by atoms with Crippen LogP contribution in [0.2, 0.25) is 14.8 Å². The molecule has 0 amide bonds. The third-order valence-corrected chi connectivity index (χ3v) is 10.4. The molecule has 0 fully saturated rings. The van der Waals surface area contributed by atoms with Gasteiger partial charge in [0.1, 0.15) is 0 Å². The molecule has 0 radical (unpaired) electrons. The zero-order chi connectivity index (χ0) is 23.0. The van der Waals surface area contributed by atoms with Crippen LogP contribution < -0.4 is 0 Å². The number of hydrogen-bond donors (Lipinski definition) is 0. The predicted molar refractivity (Wildman–Crippen MR) is 138 cm³/mol. The van der Waals surface area contributed by atoms with E-state index in [2.05, 4.69) is 96.8 Å². The van der Waals surface area contributed by atoms with Crippen LogP contribution in [0.4, 0.5) is 0 Å². The molecular formula is C26H25N5SSn. The topological polar surface area (TPSA) is 56.5 Å². The Balaban J connectivity index is 1.46. The Morgan fingerprint density at radius 3 is 2.24 bits per heavy atom. The van der Waals surface area contributed by atoms with E-state index in [1.165, 1.54) is 15.2 Å². The van der Waals surface area contributed by atoms with Crippen LogP contribution in [-0.4, -0.2) is 42.1 Å². The summed E-state index contributed by atoms with van der Waals surface area (Å²) in [7, 11) is 0. The molecule has 3 aromatic carbocycles. The molecular weight excluding hydrogens is 533 g/mol. The van der Waals surface area contributed by atoms with Crippen molar-refractivity contribution in [2.45, 2.75) is 31.5 Å². The minimum Gasteiger partial charge on any atom is -0.253 e. The molecule has 0 atom stereocenters. The molecule has 2 heterocycles. The first kappa shape index (κ1) is 22.1. The number of benzene rings is 3. The molecule has 0 N–H and O–H groups in total. The molecule has 2 aromatic heterocycles. The van der Waals surface area contributed by atoms with Crippen LogP contribution >= 0.6 is 11.8 Å². The number of hydrogen-bond acceptors (Lipinski definition) is 5. The number of aromatic nitrogens is 5. The van der Waals surface area contributed by atoms with Gasteiger partial charge in [-0.15, -0.1) is 0 Å². The molecule has 164 valence electrons. The quantitative estimate of drug-likeness (QED) is 0.225. The molecule has 0 saturated heterocycles. The molecule has 0 saturated carbocycles. The molecule has 7 heteroatoms. The van der Waals surface area contributed by atoms with Crippen molar-refractivity contribution >= 4 is 41.3 Å². The Kier molecular flexibility index (Phi) is 5.97. The fourth-order valence-electron chi connectivity index (χ4n) is 3.72. The first-order chi connectivity index (χ1) is 15.9. The van der Waals surface area contributed by atoms with E-state index >= 15 is 0 Å². The van der Waals surface area contributed by atoms with Gasteiger partial charge >= 0.3 is 156 Å². The zero-order valence-electron chi connectivity index (χ0n) is 19.1. The van der Waals surface area contributed by atoms with E-state index in [0.717, 1.165) is 27.9 Å². The molecule has 0 aliphatic rings. The summed E-state index contributed by atoms with van der Waals surface area (Å²) in [4.78, 5) is 13.9. The number of fused-ring (bicyclic) bond motifs is 1. The van der Waals surface area contributed by atoms with Crippen LogP contribution in [0.25, 0.3) is 33.4 Å². The van der Waals surface area contributed by atoms with Crippen molar-refractivity contribution in [3.05, 3.63) is 84.6 Å².